The van der Waals surface area contributed by atoms with Gasteiger partial charge in [0, 0.05) is 28.9 Å². The summed E-state index contributed by atoms with van der Waals surface area (Å²) < 4.78 is 28.6. The van der Waals surface area contributed by atoms with Crippen molar-refractivity contribution in [3.8, 4) is 29.2 Å². The number of thiophene rings is 1. The number of nitrogens with two attached hydrogens (primary N) is 2. The molecule has 1 aliphatic rings. The molecule has 10 nitrogen and oxygen atoms in total. The number of nitriles is 1. The average molecular weight is 529 g/mol. The summed E-state index contributed by atoms with van der Waals surface area (Å²) in [5.74, 6) is 0.344. The van der Waals surface area contributed by atoms with Crippen molar-refractivity contribution in [1.82, 2.24) is 19.9 Å². The number of pyridine rings is 2. The maximum absolute atomic E-state index is 16.3. The van der Waals surface area contributed by atoms with Crippen molar-refractivity contribution in [2.45, 2.75) is 12.5 Å². The molecule has 5 heterocycles. The van der Waals surface area contributed by atoms with Gasteiger partial charge in [0.25, 0.3) is 0 Å². The van der Waals surface area contributed by atoms with Crippen molar-refractivity contribution in [3.05, 3.63) is 53.5 Å². The largest absolute Gasteiger partial charge is 0.475 e. The van der Waals surface area contributed by atoms with Crippen molar-refractivity contribution < 1.29 is 13.9 Å². The van der Waals surface area contributed by atoms with Crippen molar-refractivity contribution in [3.63, 3.8) is 0 Å². The smallest absolute Gasteiger partial charge is 0.318 e. The van der Waals surface area contributed by atoms with Gasteiger partial charge in [0.2, 0.25) is 5.88 Å². The minimum Gasteiger partial charge on any atom is -0.475 e. The van der Waals surface area contributed by atoms with Gasteiger partial charge in [-0.15, -0.1) is 11.3 Å². The molecule has 0 amide bonds. The average Bonchev–Trinajstić information content (AvgIpc) is 3.20. The first kappa shape index (κ1) is 23.6. The zero-order chi connectivity index (χ0) is 26.6. The maximum atomic E-state index is 16.3. The second kappa shape index (κ2) is 8.97. The second-order valence-corrected chi connectivity index (χ2v) is 9.88. The summed E-state index contributed by atoms with van der Waals surface area (Å²) in [6, 6.07) is 10.9. The van der Waals surface area contributed by atoms with Crippen LogP contribution in [0.5, 0.6) is 11.9 Å². The van der Waals surface area contributed by atoms with E-state index in [-0.39, 0.29) is 41.3 Å². The number of hydrogen-bond acceptors (Lipinski definition) is 11. The number of benzene rings is 1. The van der Waals surface area contributed by atoms with Gasteiger partial charge in [0.15, 0.2) is 5.82 Å². The summed E-state index contributed by atoms with van der Waals surface area (Å²) in [5, 5.41) is 11.0. The van der Waals surface area contributed by atoms with E-state index < -0.39 is 5.82 Å². The Kier molecular flexibility index (Phi) is 5.57. The zero-order valence-electron chi connectivity index (χ0n) is 20.4. The topological polar surface area (TPSA) is 149 Å². The molecule has 0 saturated carbocycles. The molecular weight excluding hydrogens is 507 g/mol. The fraction of sp³-hybridized carbons (Fsp3) is 0.192. The van der Waals surface area contributed by atoms with E-state index in [2.05, 4.69) is 26.0 Å². The lowest BCUT2D eigenvalue weighted by Crippen LogP contribution is -2.38. The third kappa shape index (κ3) is 3.59. The number of hydrogen-bond donors (Lipinski definition) is 2. The highest BCUT2D eigenvalue weighted by molar-refractivity contribution is 7.23. The molecule has 0 fully saturated rings. The predicted molar refractivity (Wildman–Crippen MR) is 144 cm³/mol. The Morgan fingerprint density at radius 1 is 1.21 bits per heavy atom. The number of anilines is 3. The third-order valence-electron chi connectivity index (χ3n) is 6.68. The number of methoxy groups -OCH3 is 1. The zero-order valence-corrected chi connectivity index (χ0v) is 21.2. The number of halogens is 1. The standard InChI is InChI=1S/C26H21FN8O2S/c1-35-13(9-12-5-4-8-31-22(12)29)11-37-25-18-21(33-26(36-2)34-24(18)35)19(27)20(32-25)14-6-3-7-16-17(14)15(10-28)23(30)38-16/h3-8,13H,9,11,30H2,1-2H3,(H2,29,31). The maximum Gasteiger partial charge on any atom is 0.318 e. The Morgan fingerprint density at radius 2 is 2.05 bits per heavy atom. The lowest BCUT2D eigenvalue weighted by Gasteiger charge is -2.27. The van der Waals surface area contributed by atoms with E-state index in [0.717, 1.165) is 10.3 Å². The van der Waals surface area contributed by atoms with Gasteiger partial charge in [-0.2, -0.15) is 15.2 Å². The highest BCUT2D eigenvalue weighted by Crippen LogP contribution is 2.44. The van der Waals surface area contributed by atoms with Gasteiger partial charge in [-0.05, 0) is 24.1 Å². The Labute approximate surface area is 220 Å². The summed E-state index contributed by atoms with van der Waals surface area (Å²) >= 11 is 1.26. The Hall–Kier alpha value is -4.76. The molecule has 0 bridgehead atoms. The van der Waals surface area contributed by atoms with E-state index in [9.17, 15) is 5.26 Å². The lowest BCUT2D eigenvalue weighted by molar-refractivity contribution is 0.281. The monoisotopic (exact) mass is 528 g/mol. The molecule has 0 saturated heterocycles. The Balaban J connectivity index is 1.57. The number of nitrogens with zero attached hydrogens (tertiary/aromatic N) is 6. The van der Waals surface area contributed by atoms with Crippen molar-refractivity contribution >= 4 is 49.0 Å². The quantitative estimate of drug-likeness (QED) is 0.351. The molecule has 4 N–H and O–H groups in total. The van der Waals surface area contributed by atoms with Crippen molar-refractivity contribution in [2.75, 3.05) is 37.1 Å². The molecule has 6 rings (SSSR count). The molecule has 1 aliphatic heterocycles. The number of fused-ring (bicyclic) bond motifs is 1. The van der Waals surface area contributed by atoms with E-state index in [0.29, 0.717) is 39.4 Å². The molecule has 4 aromatic heterocycles. The van der Waals surface area contributed by atoms with Crippen molar-refractivity contribution in [2.24, 2.45) is 0 Å². The Morgan fingerprint density at radius 3 is 2.82 bits per heavy atom. The van der Waals surface area contributed by atoms with E-state index >= 15 is 4.39 Å². The summed E-state index contributed by atoms with van der Waals surface area (Å²) in [6.45, 7) is 0.218. The fourth-order valence-electron chi connectivity index (χ4n) is 4.74. The Bertz CT molecular complexity index is 1780. The molecule has 12 heteroatoms. The normalized spacial score (nSPS) is 14.8. The number of aromatic nitrogens is 4. The van der Waals surface area contributed by atoms with Gasteiger partial charge >= 0.3 is 6.01 Å². The number of rotatable bonds is 4. The molecule has 38 heavy (non-hydrogen) atoms. The van der Waals surface area contributed by atoms with Crippen LogP contribution < -0.4 is 25.8 Å². The third-order valence-corrected chi connectivity index (χ3v) is 7.66. The van der Waals surface area contributed by atoms with Gasteiger partial charge in [-0.25, -0.2) is 14.4 Å². The van der Waals surface area contributed by atoms with Crippen LogP contribution in [0.2, 0.25) is 0 Å². The summed E-state index contributed by atoms with van der Waals surface area (Å²) in [4.78, 5) is 19.6. The van der Waals surface area contributed by atoms with Crippen LogP contribution in [0.1, 0.15) is 11.1 Å². The molecule has 0 aliphatic carbocycles. The number of likely N-dealkylation sites (N-methyl/N-ethyl adjacent to an activating group) is 1. The first-order chi connectivity index (χ1) is 18.4. The van der Waals surface area contributed by atoms with Crippen LogP contribution in [0.3, 0.4) is 0 Å². The highest BCUT2D eigenvalue weighted by Gasteiger charge is 2.31. The molecule has 0 radical (unpaired) electrons. The van der Waals surface area contributed by atoms with E-state index in [1.165, 1.54) is 18.4 Å². The van der Waals surface area contributed by atoms with Crippen LogP contribution in [-0.2, 0) is 6.42 Å². The van der Waals surface area contributed by atoms with Crippen LogP contribution in [0.25, 0.3) is 32.2 Å². The molecular formula is C26H21FN8O2S. The number of ether oxygens (including phenoxy) is 2. The summed E-state index contributed by atoms with van der Waals surface area (Å²) in [5.41, 5.74) is 13.7. The van der Waals surface area contributed by atoms with Crippen LogP contribution in [-0.4, -0.2) is 46.7 Å². The SMILES string of the molecule is COc1nc2c3c(nc(-c4cccc5sc(N)c(C#N)c45)c(F)c3n1)OCC(Cc1cccnc1N)N2C. The van der Waals surface area contributed by atoms with E-state index in [1.807, 2.05) is 30.1 Å². The van der Waals surface area contributed by atoms with E-state index in [1.54, 1.807) is 18.3 Å². The highest BCUT2D eigenvalue weighted by atomic mass is 32.1. The van der Waals surface area contributed by atoms with Crippen LogP contribution in [0, 0.1) is 17.1 Å². The van der Waals surface area contributed by atoms with Gasteiger partial charge in [0.05, 0.1) is 18.7 Å². The summed E-state index contributed by atoms with van der Waals surface area (Å²) in [7, 11) is 3.26. The van der Waals surface area contributed by atoms with Gasteiger partial charge in [-0.3, -0.25) is 0 Å². The summed E-state index contributed by atoms with van der Waals surface area (Å²) in [6.07, 6.45) is 2.14. The van der Waals surface area contributed by atoms with E-state index in [4.69, 9.17) is 20.9 Å². The van der Waals surface area contributed by atoms with Crippen molar-refractivity contribution in [1.29, 1.82) is 5.26 Å². The predicted octanol–water partition coefficient (Wildman–Crippen LogP) is 3.93. The first-order valence-corrected chi connectivity index (χ1v) is 12.4. The first-order valence-electron chi connectivity index (χ1n) is 11.6. The molecule has 1 unspecified atom stereocenters. The minimum absolute atomic E-state index is 0.000969. The van der Waals surface area contributed by atoms with Gasteiger partial charge in [-0.1, -0.05) is 18.2 Å². The molecule has 1 aromatic carbocycles. The lowest BCUT2D eigenvalue weighted by atomic mass is 10.0. The fourth-order valence-corrected chi connectivity index (χ4v) is 5.69. The van der Waals surface area contributed by atoms with Gasteiger partial charge in [0.1, 0.15) is 45.9 Å². The molecule has 5 aromatic rings. The minimum atomic E-state index is -0.682. The van der Waals surface area contributed by atoms with Crippen LogP contribution in [0.4, 0.5) is 21.0 Å². The van der Waals surface area contributed by atoms with Crippen LogP contribution >= 0.6 is 11.3 Å². The van der Waals surface area contributed by atoms with Crippen LogP contribution in [0.15, 0.2) is 36.5 Å². The second-order valence-electron chi connectivity index (χ2n) is 8.80. The molecule has 0 spiro atoms. The van der Waals surface area contributed by atoms with Gasteiger partial charge < -0.3 is 25.8 Å². The molecule has 1 atom stereocenters. The molecule has 190 valence electrons. The number of nitrogen functional groups attached to an aromatic ring is 2.